The summed E-state index contributed by atoms with van der Waals surface area (Å²) in [7, 11) is 0. The van der Waals surface area contributed by atoms with Gasteiger partial charge in [0.25, 0.3) is 11.8 Å². The van der Waals surface area contributed by atoms with E-state index in [1.54, 1.807) is 25.4 Å². The Morgan fingerprint density at radius 1 is 1.00 bits per heavy atom. The Bertz CT molecular complexity index is 2100. The molecule has 5 heterocycles. The van der Waals surface area contributed by atoms with Gasteiger partial charge in [0.2, 0.25) is 11.8 Å². The molecule has 0 bridgehead atoms. The first-order valence-electron chi connectivity index (χ1n) is 16.3. The van der Waals surface area contributed by atoms with E-state index in [9.17, 15) is 23.6 Å². The zero-order valence-corrected chi connectivity index (χ0v) is 28.7. The molecule has 0 aliphatic carbocycles. The van der Waals surface area contributed by atoms with E-state index in [1.165, 1.54) is 24.3 Å². The van der Waals surface area contributed by atoms with Gasteiger partial charge in [0, 0.05) is 60.2 Å². The number of ether oxygens (including phenoxy) is 1. The molecule has 51 heavy (non-hydrogen) atoms. The Balaban J connectivity index is 0.991. The quantitative estimate of drug-likeness (QED) is 0.177. The molecule has 4 aromatic rings. The molecule has 2 aromatic heterocycles. The van der Waals surface area contributed by atoms with E-state index in [0.717, 1.165) is 23.3 Å². The SMILES string of the molecule is C[C@@H](Oc1cc(-c2cnn(C3CCN(Cc4cc(F)c5c(c4)C(=O)N(C4CCC(=O)NC4=O)C5=O)CC3)c2)cnc1N)c1c(Cl)ccc(F)c1Cl. The Labute approximate surface area is 300 Å². The zero-order chi connectivity index (χ0) is 36.1. The lowest BCUT2D eigenvalue weighted by molar-refractivity contribution is -0.136. The van der Waals surface area contributed by atoms with E-state index in [4.69, 9.17) is 33.7 Å². The van der Waals surface area contributed by atoms with Crippen molar-refractivity contribution in [2.24, 2.45) is 0 Å². The summed E-state index contributed by atoms with van der Waals surface area (Å²) in [5.41, 5.74) is 7.97. The number of likely N-dealkylation sites (tertiary alicyclic amines) is 1. The lowest BCUT2D eigenvalue weighted by Gasteiger charge is -2.32. The molecule has 3 aliphatic rings. The first-order chi connectivity index (χ1) is 24.4. The normalized spacial score (nSPS) is 19.0. The van der Waals surface area contributed by atoms with E-state index in [-0.39, 0.29) is 51.6 Å². The number of carbonyl (C=O) groups excluding carboxylic acids is 4. The number of nitrogen functional groups attached to an aromatic ring is 1. The van der Waals surface area contributed by atoms with Crippen molar-refractivity contribution in [1.82, 2.24) is 29.9 Å². The molecule has 3 aliphatic heterocycles. The molecule has 0 spiro atoms. The molecule has 3 N–H and O–H groups in total. The van der Waals surface area contributed by atoms with E-state index < -0.39 is 47.4 Å². The fourth-order valence-corrected chi connectivity index (χ4v) is 7.53. The number of hydrogen-bond donors (Lipinski definition) is 2. The molecular weight excluding hydrogens is 707 g/mol. The second-order valence-corrected chi connectivity index (χ2v) is 13.6. The van der Waals surface area contributed by atoms with Gasteiger partial charge in [-0.25, -0.2) is 13.8 Å². The van der Waals surface area contributed by atoms with Gasteiger partial charge in [-0.3, -0.25) is 39.0 Å². The lowest BCUT2D eigenvalue weighted by Crippen LogP contribution is -2.54. The van der Waals surface area contributed by atoms with Crippen LogP contribution in [-0.2, 0) is 16.1 Å². The topological polar surface area (TPSA) is 153 Å². The average molecular weight is 739 g/mol. The van der Waals surface area contributed by atoms with Gasteiger partial charge in [0.05, 0.1) is 28.4 Å². The summed E-state index contributed by atoms with van der Waals surface area (Å²) in [6, 6.07) is 6.00. The number of nitrogens with two attached hydrogens (primary N) is 1. The third-order valence-corrected chi connectivity index (χ3v) is 10.2. The van der Waals surface area contributed by atoms with Crippen LogP contribution in [0.4, 0.5) is 14.6 Å². The first kappa shape index (κ1) is 34.5. The predicted molar refractivity (Wildman–Crippen MR) is 182 cm³/mol. The molecular formula is C35H31Cl2F2N7O5. The van der Waals surface area contributed by atoms with Crippen molar-refractivity contribution >= 4 is 52.6 Å². The first-order valence-corrected chi connectivity index (χ1v) is 17.0. The fraction of sp³-hybridized carbons (Fsp3) is 0.314. The highest BCUT2D eigenvalue weighted by Gasteiger charge is 2.46. The van der Waals surface area contributed by atoms with Gasteiger partial charge in [-0.2, -0.15) is 5.10 Å². The molecule has 2 fully saturated rings. The predicted octanol–water partition coefficient (Wildman–Crippen LogP) is 5.49. The minimum absolute atomic E-state index is 0.00759. The number of halogens is 4. The van der Waals surface area contributed by atoms with Gasteiger partial charge in [0.15, 0.2) is 11.6 Å². The molecule has 0 radical (unpaired) electrons. The highest BCUT2D eigenvalue weighted by atomic mass is 35.5. The van der Waals surface area contributed by atoms with Gasteiger partial charge in [0.1, 0.15) is 23.8 Å². The van der Waals surface area contributed by atoms with Crippen molar-refractivity contribution in [3.63, 3.8) is 0 Å². The fourth-order valence-electron chi connectivity index (χ4n) is 6.85. The number of rotatable bonds is 8. The van der Waals surface area contributed by atoms with Crippen molar-refractivity contribution in [3.05, 3.63) is 92.9 Å². The maximum Gasteiger partial charge on any atom is 0.265 e. The maximum atomic E-state index is 15.3. The summed E-state index contributed by atoms with van der Waals surface area (Å²) >= 11 is 12.4. The summed E-state index contributed by atoms with van der Waals surface area (Å²) in [5.74, 6) is -3.88. The number of nitrogens with zero attached hydrogens (tertiary/aromatic N) is 5. The highest BCUT2D eigenvalue weighted by molar-refractivity contribution is 6.36. The molecule has 2 saturated heterocycles. The number of imide groups is 2. The van der Waals surface area contributed by atoms with Crippen LogP contribution >= 0.6 is 23.2 Å². The van der Waals surface area contributed by atoms with Gasteiger partial charge in [-0.15, -0.1) is 0 Å². The number of fused-ring (bicyclic) bond motifs is 1. The molecule has 1 unspecified atom stereocenters. The van der Waals surface area contributed by atoms with Crippen molar-refractivity contribution in [1.29, 1.82) is 0 Å². The molecule has 2 aromatic carbocycles. The monoisotopic (exact) mass is 737 g/mol. The second-order valence-electron chi connectivity index (χ2n) is 12.8. The molecule has 0 saturated carbocycles. The Hall–Kier alpha value is -4.92. The molecule has 16 heteroatoms. The minimum atomic E-state index is -1.17. The zero-order valence-electron chi connectivity index (χ0n) is 27.2. The van der Waals surface area contributed by atoms with Crippen molar-refractivity contribution < 1.29 is 32.7 Å². The second kappa shape index (κ2) is 13.7. The van der Waals surface area contributed by atoms with Crippen molar-refractivity contribution in [2.45, 2.75) is 57.3 Å². The number of anilines is 1. The van der Waals surface area contributed by atoms with Crippen molar-refractivity contribution in [3.8, 4) is 16.9 Å². The standard InChI is InChI=1S/C35H31Cl2F2N7O5/c1-17(29-23(36)2-3-24(38)31(29)37)51-27-12-19(13-41-32(27)40)20-14-42-45(16-20)21-6-8-44(9-7-21)15-18-10-22-30(25(39)11-18)35(50)46(34(22)49)26-4-5-28(47)43-33(26)48/h2-3,10-14,16-17,21,26H,4-9,15H2,1H3,(H2,40,41)(H,43,47,48)/t17-,26?/m1/s1. The lowest BCUT2D eigenvalue weighted by atomic mass is 10.0. The number of nitrogens with one attached hydrogen (secondary N) is 1. The van der Waals surface area contributed by atoms with Gasteiger partial charge < -0.3 is 10.5 Å². The van der Waals surface area contributed by atoms with Crippen LogP contribution < -0.4 is 15.8 Å². The van der Waals surface area contributed by atoms with Crippen LogP contribution in [0.25, 0.3) is 11.1 Å². The number of piperidine rings is 2. The van der Waals surface area contributed by atoms with E-state index in [1.807, 2.05) is 10.9 Å². The summed E-state index contributed by atoms with van der Waals surface area (Å²) in [6.45, 7) is 3.37. The van der Waals surface area contributed by atoms with Crippen LogP contribution in [0.1, 0.15) is 76.6 Å². The number of amides is 4. The number of benzene rings is 2. The molecule has 12 nitrogen and oxygen atoms in total. The molecule has 264 valence electrons. The van der Waals surface area contributed by atoms with E-state index >= 15 is 4.39 Å². The Morgan fingerprint density at radius 3 is 2.51 bits per heavy atom. The summed E-state index contributed by atoms with van der Waals surface area (Å²) in [6.07, 6.45) is 5.98. The molecule has 7 rings (SSSR count). The van der Waals surface area contributed by atoms with Gasteiger partial charge in [-0.1, -0.05) is 23.2 Å². The molecule has 2 atom stereocenters. The average Bonchev–Trinajstić information content (AvgIpc) is 3.68. The maximum absolute atomic E-state index is 15.3. The van der Waals surface area contributed by atoms with Crippen LogP contribution in [0.15, 0.2) is 48.9 Å². The summed E-state index contributed by atoms with van der Waals surface area (Å²) in [4.78, 5) is 57.3. The summed E-state index contributed by atoms with van der Waals surface area (Å²) in [5, 5.41) is 6.86. The van der Waals surface area contributed by atoms with Gasteiger partial charge in [-0.05, 0) is 62.1 Å². The number of carbonyl (C=O) groups is 4. The minimum Gasteiger partial charge on any atom is -0.482 e. The third kappa shape index (κ3) is 6.54. The number of hydrogen-bond acceptors (Lipinski definition) is 9. The largest absolute Gasteiger partial charge is 0.482 e. The summed E-state index contributed by atoms with van der Waals surface area (Å²) < 4.78 is 37.3. The third-order valence-electron chi connectivity index (χ3n) is 9.50. The smallest absolute Gasteiger partial charge is 0.265 e. The van der Waals surface area contributed by atoms with E-state index in [2.05, 4.69) is 20.3 Å². The van der Waals surface area contributed by atoms with Crippen molar-refractivity contribution in [2.75, 3.05) is 18.8 Å². The van der Waals surface area contributed by atoms with Crippen LogP contribution in [0.3, 0.4) is 0 Å². The molecule has 4 amide bonds. The Morgan fingerprint density at radius 2 is 1.76 bits per heavy atom. The van der Waals surface area contributed by atoms with Gasteiger partial charge >= 0.3 is 0 Å². The number of aromatic nitrogens is 3. The highest BCUT2D eigenvalue weighted by Crippen LogP contribution is 2.37. The van der Waals surface area contributed by atoms with Crippen LogP contribution in [-0.4, -0.2) is 67.3 Å². The Kier molecular flexibility index (Phi) is 9.25. The van der Waals surface area contributed by atoms with Crippen LogP contribution in [0.2, 0.25) is 10.0 Å². The van der Waals surface area contributed by atoms with E-state index in [0.29, 0.717) is 36.3 Å². The van der Waals surface area contributed by atoms with Crippen LogP contribution in [0.5, 0.6) is 5.75 Å². The van der Waals surface area contributed by atoms with Crippen LogP contribution in [0, 0.1) is 11.6 Å². The number of pyridine rings is 1.